The molecule has 0 saturated carbocycles. The highest BCUT2D eigenvalue weighted by Crippen LogP contribution is 2.25. The quantitative estimate of drug-likeness (QED) is 0.749. The molecule has 2 saturated heterocycles. The fraction of sp³-hybridized carbons (Fsp3) is 0.875. The van der Waals surface area contributed by atoms with Crippen LogP contribution in [0.1, 0.15) is 26.7 Å². The van der Waals surface area contributed by atoms with E-state index in [1.165, 1.54) is 9.80 Å². The zero-order valence-corrected chi connectivity index (χ0v) is 14.7. The Morgan fingerprint density at radius 1 is 1.20 bits per heavy atom. The van der Waals surface area contributed by atoms with E-state index in [9.17, 15) is 22.8 Å². The third-order valence-electron chi connectivity index (χ3n) is 4.77. The second kappa shape index (κ2) is 8.35. The molecule has 2 fully saturated rings. The average Bonchev–Trinajstić information content (AvgIpc) is 3.03. The lowest BCUT2D eigenvalue weighted by Gasteiger charge is -2.36. The number of hydrogen-bond donors (Lipinski definition) is 2. The largest absolute Gasteiger partial charge is 0.405 e. The molecule has 9 heteroatoms. The summed E-state index contributed by atoms with van der Waals surface area (Å²) in [5, 5.41) is 5.46. The summed E-state index contributed by atoms with van der Waals surface area (Å²) in [4.78, 5) is 27.4. The third-order valence-corrected chi connectivity index (χ3v) is 4.77. The number of amides is 2. The highest BCUT2D eigenvalue weighted by Gasteiger charge is 2.44. The van der Waals surface area contributed by atoms with E-state index in [4.69, 9.17) is 0 Å². The molecule has 2 atom stereocenters. The zero-order chi connectivity index (χ0) is 18.6. The van der Waals surface area contributed by atoms with Gasteiger partial charge in [0, 0.05) is 45.2 Å². The van der Waals surface area contributed by atoms with E-state index in [-0.39, 0.29) is 11.8 Å². The van der Waals surface area contributed by atoms with Crippen molar-refractivity contribution in [3.63, 3.8) is 0 Å². The molecule has 0 aromatic carbocycles. The SMILES string of the molecule is CC(C)C(=O)N1CCCC1C(=O)NCC(N1CCNCC1)C(F)(F)F. The highest BCUT2D eigenvalue weighted by molar-refractivity contribution is 5.88. The predicted octanol–water partition coefficient (Wildman–Crippen LogP) is 0.586. The van der Waals surface area contributed by atoms with Gasteiger partial charge in [0.2, 0.25) is 11.8 Å². The predicted molar refractivity (Wildman–Crippen MR) is 86.9 cm³/mol. The van der Waals surface area contributed by atoms with Gasteiger partial charge in [-0.1, -0.05) is 13.8 Å². The van der Waals surface area contributed by atoms with Gasteiger partial charge in [0.25, 0.3) is 0 Å². The van der Waals surface area contributed by atoms with E-state index < -0.39 is 30.7 Å². The van der Waals surface area contributed by atoms with Gasteiger partial charge in [-0.2, -0.15) is 13.2 Å². The van der Waals surface area contributed by atoms with Crippen LogP contribution in [0.2, 0.25) is 0 Å². The molecule has 0 aromatic rings. The van der Waals surface area contributed by atoms with Gasteiger partial charge in [0.05, 0.1) is 0 Å². The van der Waals surface area contributed by atoms with Crippen LogP contribution in [0.4, 0.5) is 13.2 Å². The molecule has 0 spiro atoms. The summed E-state index contributed by atoms with van der Waals surface area (Å²) in [5.74, 6) is -0.861. The molecule has 0 aliphatic carbocycles. The van der Waals surface area contributed by atoms with Crippen molar-refractivity contribution in [3.05, 3.63) is 0 Å². The topological polar surface area (TPSA) is 64.7 Å². The van der Waals surface area contributed by atoms with Crippen molar-refractivity contribution < 1.29 is 22.8 Å². The maximum absolute atomic E-state index is 13.4. The molecule has 0 bridgehead atoms. The molecule has 2 N–H and O–H groups in total. The molecule has 6 nitrogen and oxygen atoms in total. The van der Waals surface area contributed by atoms with Gasteiger partial charge in [-0.05, 0) is 12.8 Å². The van der Waals surface area contributed by atoms with Crippen molar-refractivity contribution in [2.75, 3.05) is 39.3 Å². The minimum absolute atomic E-state index is 0.132. The van der Waals surface area contributed by atoms with E-state index in [0.29, 0.717) is 45.6 Å². The van der Waals surface area contributed by atoms with Crippen molar-refractivity contribution in [1.29, 1.82) is 0 Å². The van der Waals surface area contributed by atoms with Crippen LogP contribution < -0.4 is 10.6 Å². The highest BCUT2D eigenvalue weighted by atomic mass is 19.4. The zero-order valence-electron chi connectivity index (χ0n) is 14.7. The minimum Gasteiger partial charge on any atom is -0.352 e. The monoisotopic (exact) mass is 364 g/mol. The van der Waals surface area contributed by atoms with Crippen molar-refractivity contribution in [3.8, 4) is 0 Å². The smallest absolute Gasteiger partial charge is 0.352 e. The van der Waals surface area contributed by atoms with E-state index in [1.807, 2.05) is 0 Å². The number of rotatable bonds is 5. The molecule has 25 heavy (non-hydrogen) atoms. The van der Waals surface area contributed by atoms with Crippen LogP contribution in [0.15, 0.2) is 0 Å². The lowest BCUT2D eigenvalue weighted by molar-refractivity contribution is -0.184. The summed E-state index contributed by atoms with van der Waals surface area (Å²) in [5.41, 5.74) is 0. The molecule has 2 amide bonds. The van der Waals surface area contributed by atoms with Crippen LogP contribution in [0, 0.1) is 5.92 Å². The van der Waals surface area contributed by atoms with E-state index in [1.54, 1.807) is 13.8 Å². The van der Waals surface area contributed by atoms with Gasteiger partial charge < -0.3 is 15.5 Å². The molecule has 2 rings (SSSR count). The number of piperazine rings is 1. The number of halogens is 3. The number of carbonyl (C=O) groups excluding carboxylic acids is 2. The van der Waals surface area contributed by atoms with Crippen LogP contribution in [0.25, 0.3) is 0 Å². The van der Waals surface area contributed by atoms with Crippen LogP contribution in [-0.4, -0.2) is 79.1 Å². The summed E-state index contributed by atoms with van der Waals surface area (Å²) in [6.45, 7) is 5.08. The Kier molecular flexibility index (Phi) is 6.67. The number of alkyl halides is 3. The van der Waals surface area contributed by atoms with E-state index >= 15 is 0 Å². The molecule has 2 unspecified atom stereocenters. The Balaban J connectivity index is 1.97. The maximum Gasteiger partial charge on any atom is 0.405 e. The van der Waals surface area contributed by atoms with Gasteiger partial charge in [0.15, 0.2) is 0 Å². The Morgan fingerprint density at radius 2 is 1.84 bits per heavy atom. The van der Waals surface area contributed by atoms with Crippen LogP contribution in [0.5, 0.6) is 0 Å². The average molecular weight is 364 g/mol. The van der Waals surface area contributed by atoms with E-state index in [2.05, 4.69) is 10.6 Å². The second-order valence-electron chi connectivity index (χ2n) is 6.93. The Labute approximate surface area is 146 Å². The van der Waals surface area contributed by atoms with Gasteiger partial charge >= 0.3 is 6.18 Å². The number of hydrogen-bond acceptors (Lipinski definition) is 4. The Morgan fingerprint density at radius 3 is 2.40 bits per heavy atom. The normalized spacial score (nSPS) is 23.8. The van der Waals surface area contributed by atoms with Gasteiger partial charge in [-0.3, -0.25) is 14.5 Å². The fourth-order valence-electron chi connectivity index (χ4n) is 3.40. The van der Waals surface area contributed by atoms with E-state index in [0.717, 1.165) is 0 Å². The first-order chi connectivity index (χ1) is 11.7. The van der Waals surface area contributed by atoms with Crippen molar-refractivity contribution >= 4 is 11.8 Å². The molecule has 0 aromatic heterocycles. The first-order valence-corrected chi connectivity index (χ1v) is 8.81. The standard InChI is InChI=1S/C16H27F3N4O2/c1-11(2)15(25)23-7-3-4-12(23)14(24)21-10-13(16(17,18)19)22-8-5-20-6-9-22/h11-13,20H,3-10H2,1-2H3,(H,21,24). The lowest BCUT2D eigenvalue weighted by Crippen LogP contribution is -2.58. The summed E-state index contributed by atoms with van der Waals surface area (Å²) >= 11 is 0. The van der Waals surface area contributed by atoms with Crippen LogP contribution in [0.3, 0.4) is 0 Å². The Hall–Kier alpha value is -1.35. The maximum atomic E-state index is 13.4. The van der Waals surface area contributed by atoms with Crippen LogP contribution in [-0.2, 0) is 9.59 Å². The molecule has 144 valence electrons. The number of likely N-dealkylation sites (tertiary alicyclic amines) is 1. The van der Waals surface area contributed by atoms with Gasteiger partial charge in [-0.15, -0.1) is 0 Å². The minimum atomic E-state index is -4.41. The molecule has 2 aliphatic rings. The fourth-order valence-corrected chi connectivity index (χ4v) is 3.40. The molecular formula is C16H27F3N4O2. The second-order valence-corrected chi connectivity index (χ2v) is 6.93. The van der Waals surface area contributed by atoms with Gasteiger partial charge in [0.1, 0.15) is 12.1 Å². The number of carbonyl (C=O) groups is 2. The summed E-state index contributed by atoms with van der Waals surface area (Å²) < 4.78 is 40.1. The first-order valence-electron chi connectivity index (χ1n) is 8.81. The van der Waals surface area contributed by atoms with Crippen molar-refractivity contribution in [2.45, 2.75) is 44.9 Å². The lowest BCUT2D eigenvalue weighted by atomic mass is 10.1. The van der Waals surface area contributed by atoms with Crippen molar-refractivity contribution in [1.82, 2.24) is 20.4 Å². The number of nitrogens with one attached hydrogen (secondary N) is 2. The van der Waals surface area contributed by atoms with Crippen LogP contribution >= 0.6 is 0 Å². The Bertz CT molecular complexity index is 478. The van der Waals surface area contributed by atoms with Crippen molar-refractivity contribution in [2.24, 2.45) is 5.92 Å². The first kappa shape index (κ1) is 20.0. The molecular weight excluding hydrogens is 337 g/mol. The molecule has 2 aliphatic heterocycles. The summed E-state index contributed by atoms with van der Waals surface area (Å²) in [6, 6.07) is -2.36. The molecule has 0 radical (unpaired) electrons. The van der Waals surface area contributed by atoms with Gasteiger partial charge in [-0.25, -0.2) is 0 Å². The molecule has 2 heterocycles. The summed E-state index contributed by atoms with van der Waals surface area (Å²) in [6.07, 6.45) is -3.22. The third kappa shape index (κ3) is 5.07. The number of nitrogens with zero attached hydrogens (tertiary/aromatic N) is 2. The summed E-state index contributed by atoms with van der Waals surface area (Å²) in [7, 11) is 0.